The van der Waals surface area contributed by atoms with Crippen LogP contribution in [0.5, 0.6) is 5.75 Å². The van der Waals surface area contributed by atoms with Gasteiger partial charge in [-0.2, -0.15) is 0 Å². The Labute approximate surface area is 143 Å². The van der Waals surface area contributed by atoms with Crippen LogP contribution < -0.4 is 9.96 Å². The van der Waals surface area contributed by atoms with Gasteiger partial charge in [0, 0.05) is 26.2 Å². The Morgan fingerprint density at radius 1 is 1.38 bits per heavy atom. The molecule has 1 atom stereocenters. The normalized spacial score (nSPS) is 21.5. The number of nitrogens with one attached hydrogen (secondary N) is 1. The highest BCUT2D eigenvalue weighted by Gasteiger charge is 2.28. The van der Waals surface area contributed by atoms with E-state index in [1.165, 1.54) is 20.2 Å². The first-order chi connectivity index (χ1) is 11.2. The van der Waals surface area contributed by atoms with Crippen LogP contribution >= 0.6 is 11.3 Å². The standard InChI is InChI=1S/C13H17N5O4S2/c1-17(2)24(21,22)13-16-15-12(23-13)10-7-9(3-4-11(10)19)18(20)6-5-14-8-18/h3-4,7,14,19H,5-6,8H2,1-2H3. The van der Waals surface area contributed by atoms with Crippen LogP contribution in [0.15, 0.2) is 22.5 Å². The summed E-state index contributed by atoms with van der Waals surface area (Å²) in [6, 6.07) is 4.53. The monoisotopic (exact) mass is 371 g/mol. The van der Waals surface area contributed by atoms with E-state index in [0.29, 0.717) is 24.3 Å². The summed E-state index contributed by atoms with van der Waals surface area (Å²) in [6.07, 6.45) is 0. The zero-order valence-corrected chi connectivity index (χ0v) is 14.8. The van der Waals surface area contributed by atoms with E-state index in [1.54, 1.807) is 12.1 Å². The Morgan fingerprint density at radius 2 is 2.12 bits per heavy atom. The molecule has 1 aliphatic rings. The van der Waals surface area contributed by atoms with Gasteiger partial charge >= 0.3 is 0 Å². The molecule has 0 saturated carbocycles. The third-order valence-corrected chi connectivity index (χ3v) is 6.92. The summed E-state index contributed by atoms with van der Waals surface area (Å²) in [6.45, 7) is 1.25. The number of sulfonamides is 1. The number of hydroxylamine groups is 2. The molecular weight excluding hydrogens is 354 g/mol. The van der Waals surface area contributed by atoms with E-state index < -0.39 is 14.7 Å². The number of hydrogen-bond donors (Lipinski definition) is 2. The number of aromatic hydroxyl groups is 1. The predicted octanol–water partition coefficient (Wildman–Crippen LogP) is 0.527. The minimum Gasteiger partial charge on any atom is -0.626 e. The summed E-state index contributed by atoms with van der Waals surface area (Å²) >= 11 is 0.849. The SMILES string of the molecule is CN(C)S(=O)(=O)c1nnc(-c2cc([N+]3([O-])CCNC3)ccc2O)s1. The second-order valence-electron chi connectivity index (χ2n) is 5.63. The molecule has 9 nitrogen and oxygen atoms in total. The van der Waals surface area contributed by atoms with Crippen molar-refractivity contribution in [2.75, 3.05) is 33.9 Å². The lowest BCUT2D eigenvalue weighted by Gasteiger charge is -2.36. The zero-order valence-electron chi connectivity index (χ0n) is 13.1. The van der Waals surface area contributed by atoms with Crippen LogP contribution in [0.4, 0.5) is 5.69 Å². The first kappa shape index (κ1) is 17.2. The molecule has 1 saturated heterocycles. The van der Waals surface area contributed by atoms with Crippen LogP contribution in [0.25, 0.3) is 10.6 Å². The average molecular weight is 371 g/mol. The summed E-state index contributed by atoms with van der Waals surface area (Å²) in [4.78, 5) is 0. The molecule has 0 radical (unpaired) electrons. The first-order valence-electron chi connectivity index (χ1n) is 7.13. The molecule has 1 aromatic heterocycles. The minimum atomic E-state index is -3.69. The fraction of sp³-hybridized carbons (Fsp3) is 0.385. The van der Waals surface area contributed by atoms with Crippen molar-refractivity contribution >= 4 is 27.0 Å². The van der Waals surface area contributed by atoms with Gasteiger partial charge in [-0.3, -0.25) is 5.32 Å². The van der Waals surface area contributed by atoms with Crippen molar-refractivity contribution in [1.82, 2.24) is 24.5 Å². The van der Waals surface area contributed by atoms with Crippen molar-refractivity contribution in [3.05, 3.63) is 23.4 Å². The van der Waals surface area contributed by atoms with E-state index >= 15 is 0 Å². The summed E-state index contributed by atoms with van der Waals surface area (Å²) in [7, 11) is -0.888. The van der Waals surface area contributed by atoms with E-state index in [-0.39, 0.29) is 21.8 Å². The van der Waals surface area contributed by atoms with Crippen molar-refractivity contribution in [3.8, 4) is 16.3 Å². The van der Waals surface area contributed by atoms with Crippen molar-refractivity contribution in [1.29, 1.82) is 0 Å². The summed E-state index contributed by atoms with van der Waals surface area (Å²) < 4.78 is 24.5. The number of quaternary nitrogens is 1. The van der Waals surface area contributed by atoms with E-state index in [9.17, 15) is 18.7 Å². The smallest absolute Gasteiger partial charge is 0.271 e. The Balaban J connectivity index is 2.03. The van der Waals surface area contributed by atoms with E-state index in [4.69, 9.17) is 0 Å². The Bertz CT molecular complexity index is 859. The van der Waals surface area contributed by atoms with Gasteiger partial charge in [-0.1, -0.05) is 11.3 Å². The second kappa shape index (κ2) is 6.02. The maximum Gasteiger partial charge on any atom is 0.271 e. The van der Waals surface area contributed by atoms with Crippen molar-refractivity contribution in [2.24, 2.45) is 0 Å². The number of rotatable bonds is 4. The first-order valence-corrected chi connectivity index (χ1v) is 9.38. The fourth-order valence-corrected chi connectivity index (χ4v) is 4.51. The number of phenolic OH excluding ortho intramolecular Hbond substituents is 1. The highest BCUT2D eigenvalue weighted by Crippen LogP contribution is 2.37. The minimum absolute atomic E-state index is 0.0811. The van der Waals surface area contributed by atoms with Crippen molar-refractivity contribution in [3.63, 3.8) is 0 Å². The molecule has 1 aromatic carbocycles. The van der Waals surface area contributed by atoms with Crippen molar-refractivity contribution < 1.29 is 13.5 Å². The second-order valence-corrected chi connectivity index (χ2v) is 8.94. The molecule has 0 amide bonds. The molecule has 3 rings (SSSR count). The van der Waals surface area contributed by atoms with Gasteiger partial charge < -0.3 is 15.0 Å². The summed E-state index contributed by atoms with van der Waals surface area (Å²) in [5.41, 5.74) is 0.769. The van der Waals surface area contributed by atoms with E-state index in [0.717, 1.165) is 15.6 Å². The Morgan fingerprint density at radius 3 is 2.75 bits per heavy atom. The van der Waals surface area contributed by atoms with Gasteiger partial charge in [0.05, 0.1) is 18.7 Å². The van der Waals surface area contributed by atoms with Crippen LogP contribution in [0, 0.1) is 5.21 Å². The molecule has 2 heterocycles. The molecule has 2 N–H and O–H groups in total. The lowest BCUT2D eigenvalue weighted by atomic mass is 10.1. The maximum atomic E-state index is 12.7. The quantitative estimate of drug-likeness (QED) is 0.594. The molecule has 0 bridgehead atoms. The molecule has 1 aliphatic heterocycles. The van der Waals surface area contributed by atoms with Crippen molar-refractivity contribution in [2.45, 2.75) is 4.34 Å². The van der Waals surface area contributed by atoms with E-state index in [1.807, 2.05) is 0 Å². The number of aromatic nitrogens is 2. The topological polar surface area (TPSA) is 118 Å². The third-order valence-electron chi connectivity index (χ3n) is 3.81. The van der Waals surface area contributed by atoms with Gasteiger partial charge in [0.25, 0.3) is 10.0 Å². The molecule has 1 fully saturated rings. The molecule has 0 spiro atoms. The Kier molecular flexibility index (Phi) is 4.32. The van der Waals surface area contributed by atoms with Crippen LogP contribution in [0.1, 0.15) is 0 Å². The Hall–Kier alpha value is -1.63. The van der Waals surface area contributed by atoms with Gasteiger partial charge in [0.1, 0.15) is 18.1 Å². The van der Waals surface area contributed by atoms with Gasteiger partial charge in [-0.25, -0.2) is 12.7 Å². The number of benzene rings is 1. The number of phenols is 1. The van der Waals surface area contributed by atoms with Gasteiger partial charge in [-0.05, 0) is 6.07 Å². The molecule has 24 heavy (non-hydrogen) atoms. The van der Waals surface area contributed by atoms with Crippen LogP contribution in [-0.2, 0) is 10.0 Å². The molecule has 11 heteroatoms. The molecule has 0 aliphatic carbocycles. The lowest BCUT2D eigenvalue weighted by Crippen LogP contribution is -2.41. The van der Waals surface area contributed by atoms with Gasteiger partial charge in [0.2, 0.25) is 4.34 Å². The number of nitrogens with zero attached hydrogens (tertiary/aromatic N) is 4. The molecule has 130 valence electrons. The van der Waals surface area contributed by atoms with Crippen LogP contribution in [0.3, 0.4) is 0 Å². The highest BCUT2D eigenvalue weighted by atomic mass is 32.2. The predicted molar refractivity (Wildman–Crippen MR) is 90.8 cm³/mol. The zero-order chi connectivity index (χ0) is 17.5. The van der Waals surface area contributed by atoms with Gasteiger partial charge in [0.15, 0.2) is 5.01 Å². The maximum absolute atomic E-state index is 12.7. The highest BCUT2D eigenvalue weighted by molar-refractivity contribution is 7.91. The fourth-order valence-electron chi connectivity index (χ4n) is 2.35. The largest absolute Gasteiger partial charge is 0.626 e. The average Bonchev–Trinajstić information content (AvgIpc) is 3.17. The number of hydrogen-bond acceptors (Lipinski definition) is 8. The van der Waals surface area contributed by atoms with Crippen LogP contribution in [-0.4, -0.2) is 61.9 Å². The molecular formula is C13H17N5O4S2. The van der Waals surface area contributed by atoms with Crippen LogP contribution in [0.2, 0.25) is 0 Å². The molecule has 1 unspecified atom stereocenters. The van der Waals surface area contributed by atoms with E-state index in [2.05, 4.69) is 15.5 Å². The third kappa shape index (κ3) is 2.90. The lowest BCUT2D eigenvalue weighted by molar-refractivity contribution is 0.446. The summed E-state index contributed by atoms with van der Waals surface area (Å²) in [5.74, 6) is -0.0811. The van der Waals surface area contributed by atoms with Gasteiger partial charge in [-0.15, -0.1) is 10.2 Å². The molecule has 2 aromatic rings. The summed E-state index contributed by atoms with van der Waals surface area (Å²) in [5, 5.41) is 33.6.